The number of rotatable bonds is 1. The van der Waals surface area contributed by atoms with Crippen molar-refractivity contribution in [1.29, 1.82) is 0 Å². The number of benzene rings is 1. The highest BCUT2D eigenvalue weighted by atomic mass is 16.3. The lowest BCUT2D eigenvalue weighted by molar-refractivity contribution is 0.582. The van der Waals surface area contributed by atoms with Crippen LogP contribution in [0.4, 0.5) is 5.69 Å². The van der Waals surface area contributed by atoms with E-state index in [0.717, 1.165) is 17.0 Å². The van der Waals surface area contributed by atoms with Crippen molar-refractivity contribution in [3.05, 3.63) is 42.2 Å². The molecule has 0 spiro atoms. The molecule has 0 atom stereocenters. The Bertz CT molecular complexity index is 404. The fourth-order valence-corrected chi connectivity index (χ4v) is 1.34. The van der Waals surface area contributed by atoms with Crippen molar-refractivity contribution in [1.82, 2.24) is 0 Å². The van der Waals surface area contributed by atoms with Gasteiger partial charge in [0.1, 0.15) is 5.76 Å². The monoisotopic (exact) mass is 173 g/mol. The van der Waals surface area contributed by atoms with E-state index >= 15 is 0 Å². The van der Waals surface area contributed by atoms with Crippen LogP contribution in [0.25, 0.3) is 11.3 Å². The van der Waals surface area contributed by atoms with E-state index in [4.69, 9.17) is 10.2 Å². The molecule has 13 heavy (non-hydrogen) atoms. The van der Waals surface area contributed by atoms with Crippen LogP contribution in [0.3, 0.4) is 0 Å². The highest BCUT2D eigenvalue weighted by Crippen LogP contribution is 2.25. The van der Waals surface area contributed by atoms with Crippen molar-refractivity contribution in [3.8, 4) is 11.3 Å². The van der Waals surface area contributed by atoms with E-state index in [1.165, 1.54) is 5.56 Å². The SMILES string of the molecule is Cc1ccc(N)cc1-c1ccco1. The first-order valence-corrected chi connectivity index (χ1v) is 4.17. The smallest absolute Gasteiger partial charge is 0.134 e. The maximum atomic E-state index is 5.69. The molecule has 2 rings (SSSR count). The van der Waals surface area contributed by atoms with Crippen molar-refractivity contribution in [2.75, 3.05) is 5.73 Å². The van der Waals surface area contributed by atoms with E-state index in [-0.39, 0.29) is 0 Å². The number of nitrogen functional groups attached to an aromatic ring is 1. The summed E-state index contributed by atoms with van der Waals surface area (Å²) in [6, 6.07) is 9.61. The molecule has 1 aromatic heterocycles. The van der Waals surface area contributed by atoms with E-state index in [0.29, 0.717) is 0 Å². The Morgan fingerprint density at radius 2 is 2.08 bits per heavy atom. The fourth-order valence-electron chi connectivity index (χ4n) is 1.34. The van der Waals surface area contributed by atoms with Gasteiger partial charge < -0.3 is 10.2 Å². The molecule has 0 radical (unpaired) electrons. The van der Waals surface area contributed by atoms with Crippen LogP contribution in [0, 0.1) is 6.92 Å². The van der Waals surface area contributed by atoms with E-state index in [1.54, 1.807) is 6.26 Å². The third-order valence-electron chi connectivity index (χ3n) is 2.05. The summed E-state index contributed by atoms with van der Waals surface area (Å²) < 4.78 is 5.30. The van der Waals surface area contributed by atoms with E-state index < -0.39 is 0 Å². The Labute approximate surface area is 77.0 Å². The highest BCUT2D eigenvalue weighted by molar-refractivity contribution is 5.66. The third-order valence-corrected chi connectivity index (χ3v) is 2.05. The number of furan rings is 1. The number of anilines is 1. The van der Waals surface area contributed by atoms with Gasteiger partial charge >= 0.3 is 0 Å². The van der Waals surface area contributed by atoms with Gasteiger partial charge in [0.15, 0.2) is 0 Å². The maximum Gasteiger partial charge on any atom is 0.134 e. The van der Waals surface area contributed by atoms with E-state index in [2.05, 4.69) is 0 Å². The van der Waals surface area contributed by atoms with Crippen LogP contribution >= 0.6 is 0 Å². The number of aryl methyl sites for hydroxylation is 1. The summed E-state index contributed by atoms with van der Waals surface area (Å²) in [6.07, 6.45) is 1.66. The summed E-state index contributed by atoms with van der Waals surface area (Å²) in [4.78, 5) is 0. The van der Waals surface area contributed by atoms with Crippen LogP contribution < -0.4 is 5.73 Å². The molecule has 0 bridgehead atoms. The topological polar surface area (TPSA) is 39.2 Å². The summed E-state index contributed by atoms with van der Waals surface area (Å²) in [5.41, 5.74) is 8.68. The minimum atomic E-state index is 0.761. The number of nitrogens with two attached hydrogens (primary N) is 1. The zero-order valence-corrected chi connectivity index (χ0v) is 7.45. The second-order valence-electron chi connectivity index (χ2n) is 3.05. The molecule has 0 saturated heterocycles. The highest BCUT2D eigenvalue weighted by Gasteiger charge is 2.03. The molecule has 0 unspecified atom stereocenters. The molecule has 2 N–H and O–H groups in total. The lowest BCUT2D eigenvalue weighted by atomic mass is 10.1. The normalized spacial score (nSPS) is 10.2. The van der Waals surface area contributed by atoms with Gasteiger partial charge in [-0.1, -0.05) is 6.07 Å². The zero-order valence-electron chi connectivity index (χ0n) is 7.45. The van der Waals surface area contributed by atoms with Gasteiger partial charge in [0.05, 0.1) is 6.26 Å². The second kappa shape index (κ2) is 2.98. The number of hydrogen-bond acceptors (Lipinski definition) is 2. The van der Waals surface area contributed by atoms with Gasteiger partial charge in [0, 0.05) is 11.3 Å². The Morgan fingerprint density at radius 1 is 1.23 bits per heavy atom. The quantitative estimate of drug-likeness (QED) is 0.673. The third kappa shape index (κ3) is 1.43. The molecule has 66 valence electrons. The molecule has 1 heterocycles. The molecular formula is C11H11NO. The minimum absolute atomic E-state index is 0.761. The Kier molecular flexibility index (Phi) is 1.81. The molecule has 2 aromatic rings. The van der Waals surface area contributed by atoms with Crippen LogP contribution in [-0.4, -0.2) is 0 Å². The molecular weight excluding hydrogens is 162 g/mol. The van der Waals surface area contributed by atoms with Gasteiger partial charge in [-0.3, -0.25) is 0 Å². The molecule has 0 aliphatic carbocycles. The Hall–Kier alpha value is -1.70. The van der Waals surface area contributed by atoms with Crippen molar-refractivity contribution in [2.45, 2.75) is 6.92 Å². The maximum absolute atomic E-state index is 5.69. The Morgan fingerprint density at radius 3 is 2.77 bits per heavy atom. The first-order chi connectivity index (χ1) is 6.27. The van der Waals surface area contributed by atoms with E-state index in [9.17, 15) is 0 Å². The van der Waals surface area contributed by atoms with Gasteiger partial charge in [-0.15, -0.1) is 0 Å². The molecule has 0 fully saturated rings. The average Bonchev–Trinajstić information content (AvgIpc) is 2.61. The Balaban J connectivity index is 2.57. The van der Waals surface area contributed by atoms with Crippen LogP contribution in [0.15, 0.2) is 41.0 Å². The van der Waals surface area contributed by atoms with Gasteiger partial charge in [-0.2, -0.15) is 0 Å². The van der Waals surface area contributed by atoms with Crippen molar-refractivity contribution < 1.29 is 4.42 Å². The van der Waals surface area contributed by atoms with Crippen LogP contribution in [0.2, 0.25) is 0 Å². The first-order valence-electron chi connectivity index (χ1n) is 4.17. The summed E-state index contributed by atoms with van der Waals surface area (Å²) in [7, 11) is 0. The average molecular weight is 173 g/mol. The predicted molar refractivity (Wildman–Crippen MR) is 53.3 cm³/mol. The van der Waals surface area contributed by atoms with Crippen molar-refractivity contribution in [3.63, 3.8) is 0 Å². The van der Waals surface area contributed by atoms with Gasteiger partial charge in [-0.05, 0) is 36.8 Å². The summed E-state index contributed by atoms with van der Waals surface area (Å²) in [5.74, 6) is 0.866. The first kappa shape index (κ1) is 7.92. The van der Waals surface area contributed by atoms with Gasteiger partial charge in [0.25, 0.3) is 0 Å². The summed E-state index contributed by atoms with van der Waals surface area (Å²) in [6.45, 7) is 2.04. The predicted octanol–water partition coefficient (Wildman–Crippen LogP) is 2.84. The molecule has 2 heteroatoms. The van der Waals surface area contributed by atoms with Crippen LogP contribution in [0.5, 0.6) is 0 Å². The zero-order chi connectivity index (χ0) is 9.26. The van der Waals surface area contributed by atoms with Crippen molar-refractivity contribution >= 4 is 5.69 Å². The molecule has 2 nitrogen and oxygen atoms in total. The minimum Gasteiger partial charge on any atom is -0.464 e. The van der Waals surface area contributed by atoms with E-state index in [1.807, 2.05) is 37.3 Å². The molecule has 1 aromatic carbocycles. The van der Waals surface area contributed by atoms with Gasteiger partial charge in [0.2, 0.25) is 0 Å². The van der Waals surface area contributed by atoms with Crippen LogP contribution in [-0.2, 0) is 0 Å². The second-order valence-corrected chi connectivity index (χ2v) is 3.05. The lowest BCUT2D eigenvalue weighted by Gasteiger charge is -2.02. The molecule has 0 aliphatic heterocycles. The standard InChI is InChI=1S/C11H11NO/c1-8-4-5-9(12)7-10(8)11-3-2-6-13-11/h2-7H,12H2,1H3. The molecule has 0 aliphatic rings. The largest absolute Gasteiger partial charge is 0.464 e. The van der Waals surface area contributed by atoms with Gasteiger partial charge in [-0.25, -0.2) is 0 Å². The van der Waals surface area contributed by atoms with Crippen molar-refractivity contribution in [2.24, 2.45) is 0 Å². The van der Waals surface area contributed by atoms with Crippen LogP contribution in [0.1, 0.15) is 5.56 Å². The fraction of sp³-hybridized carbons (Fsp3) is 0.0909. The lowest BCUT2D eigenvalue weighted by Crippen LogP contribution is -1.87. The summed E-state index contributed by atoms with van der Waals surface area (Å²) in [5, 5.41) is 0. The molecule has 0 saturated carbocycles. The summed E-state index contributed by atoms with van der Waals surface area (Å²) >= 11 is 0. The number of hydrogen-bond donors (Lipinski definition) is 1. The molecule has 0 amide bonds.